The van der Waals surface area contributed by atoms with Crippen LogP contribution in [-0.4, -0.2) is 62.0 Å². The van der Waals surface area contributed by atoms with Crippen LogP contribution in [0.1, 0.15) is 16.1 Å². The SMILES string of the molecule is Cc1cccc(Nc2ccc(N3CCN(C(=O)c4cc([N+](=O)[O-])cc([N+](=O)[O-])c4)CC3)nn2)n1. The Morgan fingerprint density at radius 3 is 2.15 bits per heavy atom. The Kier molecular flexibility index (Phi) is 6.25. The van der Waals surface area contributed by atoms with Crippen molar-refractivity contribution in [2.24, 2.45) is 0 Å². The van der Waals surface area contributed by atoms with Crippen LogP contribution in [0.2, 0.25) is 0 Å². The number of aromatic nitrogens is 3. The molecule has 0 atom stereocenters. The first-order valence-corrected chi connectivity index (χ1v) is 10.3. The number of pyridine rings is 1. The van der Waals surface area contributed by atoms with E-state index in [1.807, 2.05) is 36.1 Å². The maximum absolute atomic E-state index is 12.9. The number of non-ortho nitro benzene ring substituents is 2. The van der Waals surface area contributed by atoms with E-state index in [2.05, 4.69) is 20.5 Å². The first kappa shape index (κ1) is 22.5. The number of nitrogens with zero attached hydrogens (tertiary/aromatic N) is 7. The number of hydrogen-bond acceptors (Lipinski definition) is 10. The van der Waals surface area contributed by atoms with Gasteiger partial charge in [-0.05, 0) is 31.2 Å². The summed E-state index contributed by atoms with van der Waals surface area (Å²) in [6, 6.07) is 12.2. The highest BCUT2D eigenvalue weighted by molar-refractivity contribution is 5.95. The summed E-state index contributed by atoms with van der Waals surface area (Å²) in [6.07, 6.45) is 0. The average Bonchev–Trinajstić information content (AvgIpc) is 2.84. The Bertz CT molecular complexity index is 1210. The molecule has 1 aliphatic heterocycles. The fourth-order valence-corrected chi connectivity index (χ4v) is 3.56. The quantitative estimate of drug-likeness (QED) is 0.424. The largest absolute Gasteiger partial charge is 0.352 e. The summed E-state index contributed by atoms with van der Waals surface area (Å²) >= 11 is 0. The highest BCUT2D eigenvalue weighted by atomic mass is 16.6. The van der Waals surface area contributed by atoms with Crippen LogP contribution in [0, 0.1) is 27.2 Å². The Morgan fingerprint density at radius 2 is 1.59 bits per heavy atom. The highest BCUT2D eigenvalue weighted by Gasteiger charge is 2.26. The average molecular weight is 464 g/mol. The Morgan fingerprint density at radius 1 is 0.912 bits per heavy atom. The summed E-state index contributed by atoms with van der Waals surface area (Å²) in [5.74, 6) is 1.35. The van der Waals surface area contributed by atoms with Gasteiger partial charge in [0.25, 0.3) is 17.3 Å². The van der Waals surface area contributed by atoms with Crippen LogP contribution in [0.4, 0.5) is 28.8 Å². The standard InChI is InChI=1S/C21H20N8O5/c1-14-3-2-4-18(22-14)23-19-5-6-20(25-24-19)26-7-9-27(10-8-26)21(30)15-11-16(28(31)32)13-17(12-15)29(33)34/h2-6,11-13H,7-10H2,1H3,(H,22,23,24). The number of carbonyl (C=O) groups excluding carboxylic acids is 1. The van der Waals surface area contributed by atoms with Crippen LogP contribution in [-0.2, 0) is 0 Å². The number of rotatable bonds is 6. The van der Waals surface area contributed by atoms with Crippen molar-refractivity contribution in [3.05, 3.63) is 80.0 Å². The van der Waals surface area contributed by atoms with Crippen molar-refractivity contribution in [3.63, 3.8) is 0 Å². The minimum absolute atomic E-state index is 0.0886. The summed E-state index contributed by atoms with van der Waals surface area (Å²) in [5.41, 5.74) is -0.210. The summed E-state index contributed by atoms with van der Waals surface area (Å²) in [5, 5.41) is 33.7. The fourth-order valence-electron chi connectivity index (χ4n) is 3.56. The zero-order valence-electron chi connectivity index (χ0n) is 18.1. The lowest BCUT2D eigenvalue weighted by Crippen LogP contribution is -2.49. The Balaban J connectivity index is 1.40. The molecule has 0 saturated carbocycles. The molecule has 1 amide bonds. The van der Waals surface area contributed by atoms with E-state index >= 15 is 0 Å². The number of nitrogens with one attached hydrogen (secondary N) is 1. The van der Waals surface area contributed by atoms with Crippen molar-refractivity contribution in [2.75, 3.05) is 36.4 Å². The van der Waals surface area contributed by atoms with Crippen molar-refractivity contribution in [3.8, 4) is 0 Å². The Labute approximate surface area is 193 Å². The lowest BCUT2D eigenvalue weighted by atomic mass is 10.1. The predicted molar refractivity (Wildman–Crippen MR) is 122 cm³/mol. The van der Waals surface area contributed by atoms with Gasteiger partial charge < -0.3 is 15.1 Å². The molecule has 34 heavy (non-hydrogen) atoms. The lowest BCUT2D eigenvalue weighted by molar-refractivity contribution is -0.394. The monoisotopic (exact) mass is 464 g/mol. The van der Waals surface area contributed by atoms with Gasteiger partial charge in [-0.2, -0.15) is 0 Å². The molecular weight excluding hydrogens is 444 g/mol. The zero-order valence-corrected chi connectivity index (χ0v) is 18.1. The molecule has 174 valence electrons. The first-order valence-electron chi connectivity index (χ1n) is 10.3. The molecule has 1 N–H and O–H groups in total. The topological polar surface area (TPSA) is 161 Å². The molecule has 1 aliphatic rings. The van der Waals surface area contributed by atoms with E-state index in [0.29, 0.717) is 43.6 Å². The van der Waals surface area contributed by atoms with Gasteiger partial charge in [0.15, 0.2) is 11.6 Å². The minimum Gasteiger partial charge on any atom is -0.352 e. The van der Waals surface area contributed by atoms with Gasteiger partial charge in [-0.25, -0.2) is 4.98 Å². The molecular formula is C21H20N8O5. The number of benzene rings is 1. The molecule has 3 heterocycles. The van der Waals surface area contributed by atoms with Crippen LogP contribution in [0.5, 0.6) is 0 Å². The molecule has 0 bridgehead atoms. The third kappa shape index (κ3) is 5.03. The number of hydrogen-bond donors (Lipinski definition) is 1. The molecule has 0 radical (unpaired) electrons. The molecule has 3 aromatic rings. The van der Waals surface area contributed by atoms with Gasteiger partial charge in [-0.1, -0.05) is 6.07 Å². The van der Waals surface area contributed by atoms with E-state index in [1.165, 1.54) is 4.90 Å². The van der Waals surface area contributed by atoms with Crippen molar-refractivity contribution in [1.29, 1.82) is 0 Å². The molecule has 1 aromatic carbocycles. The number of nitro groups is 2. The third-order valence-electron chi connectivity index (χ3n) is 5.26. The summed E-state index contributed by atoms with van der Waals surface area (Å²) < 4.78 is 0. The molecule has 0 unspecified atom stereocenters. The van der Waals surface area contributed by atoms with Gasteiger partial charge in [-0.15, -0.1) is 10.2 Å². The Hall–Kier alpha value is -4.68. The van der Waals surface area contributed by atoms with Gasteiger partial charge in [0.2, 0.25) is 0 Å². The van der Waals surface area contributed by atoms with E-state index in [1.54, 1.807) is 6.07 Å². The van der Waals surface area contributed by atoms with Gasteiger partial charge in [0.1, 0.15) is 5.82 Å². The number of nitro benzene ring substituents is 2. The molecule has 0 spiro atoms. The number of anilines is 3. The van der Waals surface area contributed by atoms with Gasteiger partial charge in [0, 0.05) is 44.0 Å². The third-order valence-corrected chi connectivity index (χ3v) is 5.26. The molecule has 13 nitrogen and oxygen atoms in total. The highest BCUT2D eigenvalue weighted by Crippen LogP contribution is 2.24. The second-order valence-corrected chi connectivity index (χ2v) is 7.60. The number of amides is 1. The van der Waals surface area contributed by atoms with Crippen LogP contribution in [0.3, 0.4) is 0 Å². The molecule has 1 fully saturated rings. The smallest absolute Gasteiger partial charge is 0.277 e. The van der Waals surface area contributed by atoms with Crippen LogP contribution >= 0.6 is 0 Å². The summed E-state index contributed by atoms with van der Waals surface area (Å²) in [4.78, 5) is 41.4. The van der Waals surface area contributed by atoms with Crippen molar-refractivity contribution in [2.45, 2.75) is 6.92 Å². The van der Waals surface area contributed by atoms with E-state index in [4.69, 9.17) is 0 Å². The van der Waals surface area contributed by atoms with Crippen molar-refractivity contribution < 1.29 is 14.6 Å². The summed E-state index contributed by atoms with van der Waals surface area (Å²) in [6.45, 7) is 3.46. The van der Waals surface area contributed by atoms with E-state index in [0.717, 1.165) is 23.9 Å². The first-order chi connectivity index (χ1) is 16.3. The molecule has 0 aliphatic carbocycles. The molecule has 1 saturated heterocycles. The van der Waals surface area contributed by atoms with Gasteiger partial charge >= 0.3 is 0 Å². The second kappa shape index (κ2) is 9.44. The number of aryl methyl sites for hydroxylation is 1. The summed E-state index contributed by atoms with van der Waals surface area (Å²) in [7, 11) is 0. The fraction of sp³-hybridized carbons (Fsp3) is 0.238. The van der Waals surface area contributed by atoms with E-state index in [9.17, 15) is 25.0 Å². The van der Waals surface area contributed by atoms with E-state index in [-0.39, 0.29) is 5.56 Å². The zero-order chi connectivity index (χ0) is 24.2. The van der Waals surface area contributed by atoms with Crippen LogP contribution in [0.15, 0.2) is 48.5 Å². The van der Waals surface area contributed by atoms with Gasteiger partial charge in [-0.3, -0.25) is 25.0 Å². The second-order valence-electron chi connectivity index (χ2n) is 7.60. The number of carbonyl (C=O) groups is 1. The van der Waals surface area contributed by atoms with Crippen molar-refractivity contribution >= 4 is 34.7 Å². The lowest BCUT2D eigenvalue weighted by Gasteiger charge is -2.35. The normalized spacial score (nSPS) is 13.4. The molecule has 4 rings (SSSR count). The van der Waals surface area contributed by atoms with E-state index < -0.39 is 27.1 Å². The van der Waals surface area contributed by atoms with Gasteiger partial charge in [0.05, 0.1) is 21.5 Å². The van der Waals surface area contributed by atoms with Crippen LogP contribution < -0.4 is 10.2 Å². The molecule has 13 heteroatoms. The van der Waals surface area contributed by atoms with Crippen LogP contribution in [0.25, 0.3) is 0 Å². The molecule has 2 aromatic heterocycles. The minimum atomic E-state index is -0.756. The number of piperazine rings is 1. The predicted octanol–water partition coefficient (Wildman–Crippen LogP) is 2.70. The maximum atomic E-state index is 12.9. The van der Waals surface area contributed by atoms with Crippen molar-refractivity contribution in [1.82, 2.24) is 20.1 Å². The maximum Gasteiger partial charge on any atom is 0.277 e.